The highest BCUT2D eigenvalue weighted by molar-refractivity contribution is 6.30. The minimum Gasteiger partial charge on any atom is -0.337 e. The number of carbonyl (C=O) groups excluding carboxylic acids is 1. The van der Waals surface area contributed by atoms with Crippen LogP contribution >= 0.6 is 24.0 Å². The Morgan fingerprint density at radius 2 is 2.06 bits per heavy atom. The van der Waals surface area contributed by atoms with Crippen molar-refractivity contribution in [1.29, 1.82) is 0 Å². The van der Waals surface area contributed by atoms with Crippen LogP contribution in [-0.4, -0.2) is 37.0 Å². The molecule has 0 spiro atoms. The fourth-order valence-electron chi connectivity index (χ4n) is 1.93. The average Bonchev–Trinajstić information content (AvgIpc) is 2.81. The second kappa shape index (κ2) is 6.24. The van der Waals surface area contributed by atoms with E-state index < -0.39 is 0 Å². The number of amides is 1. The number of rotatable bonds is 2. The highest BCUT2D eigenvalue weighted by Crippen LogP contribution is 2.14. The lowest BCUT2D eigenvalue weighted by atomic mass is 10.1. The molecule has 0 aromatic heterocycles. The van der Waals surface area contributed by atoms with Gasteiger partial charge in [0, 0.05) is 30.2 Å². The normalized spacial score (nSPS) is 18.6. The predicted molar refractivity (Wildman–Crippen MR) is 72.1 cm³/mol. The number of nitrogens with zero attached hydrogens (tertiary/aromatic N) is 1. The van der Waals surface area contributed by atoms with Crippen LogP contribution in [0.3, 0.4) is 0 Å². The van der Waals surface area contributed by atoms with E-state index in [-0.39, 0.29) is 18.3 Å². The van der Waals surface area contributed by atoms with E-state index in [0.29, 0.717) is 16.6 Å². The monoisotopic (exact) mass is 274 g/mol. The van der Waals surface area contributed by atoms with Crippen LogP contribution in [0.1, 0.15) is 16.8 Å². The molecular weight excluding hydrogens is 259 g/mol. The molecule has 1 fully saturated rings. The zero-order valence-corrected chi connectivity index (χ0v) is 11.2. The van der Waals surface area contributed by atoms with Crippen LogP contribution in [0, 0.1) is 0 Å². The number of hydrogen-bond donors (Lipinski definition) is 1. The van der Waals surface area contributed by atoms with Crippen LogP contribution in [0.15, 0.2) is 24.3 Å². The summed E-state index contributed by atoms with van der Waals surface area (Å²) in [6, 6.07) is 7.33. The van der Waals surface area contributed by atoms with Gasteiger partial charge >= 0.3 is 0 Å². The molecule has 3 nitrogen and oxygen atoms in total. The molecule has 1 N–H and O–H groups in total. The first-order valence-electron chi connectivity index (χ1n) is 5.42. The first kappa shape index (κ1) is 14.3. The third-order valence-corrected chi connectivity index (χ3v) is 3.25. The maximum absolute atomic E-state index is 12.1. The largest absolute Gasteiger partial charge is 0.337 e. The zero-order valence-electron chi connectivity index (χ0n) is 9.65. The number of nitrogens with one attached hydrogen (secondary N) is 1. The van der Waals surface area contributed by atoms with E-state index in [9.17, 15) is 4.79 Å². The summed E-state index contributed by atoms with van der Waals surface area (Å²) in [4.78, 5) is 13.9. The van der Waals surface area contributed by atoms with Crippen LogP contribution in [0.2, 0.25) is 5.02 Å². The van der Waals surface area contributed by atoms with Crippen LogP contribution in [-0.2, 0) is 0 Å². The molecular formula is C12H16Cl2N2O. The summed E-state index contributed by atoms with van der Waals surface area (Å²) in [6.07, 6.45) is 1.02. The minimum atomic E-state index is 0. The van der Waals surface area contributed by atoms with Crippen molar-refractivity contribution in [1.82, 2.24) is 10.2 Å². The number of benzene rings is 1. The molecule has 1 aliphatic rings. The molecule has 0 unspecified atom stereocenters. The summed E-state index contributed by atoms with van der Waals surface area (Å²) in [6.45, 7) is 1.87. The van der Waals surface area contributed by atoms with Gasteiger partial charge in [0.15, 0.2) is 0 Å². The number of likely N-dealkylation sites (N-methyl/N-ethyl adjacent to an activating group) is 1. The topological polar surface area (TPSA) is 32.3 Å². The van der Waals surface area contributed by atoms with Gasteiger partial charge in [0.05, 0.1) is 0 Å². The Morgan fingerprint density at radius 3 is 2.59 bits per heavy atom. The van der Waals surface area contributed by atoms with Gasteiger partial charge in [0.1, 0.15) is 0 Å². The third-order valence-electron chi connectivity index (χ3n) is 2.99. The van der Waals surface area contributed by atoms with Crippen molar-refractivity contribution < 1.29 is 4.79 Å². The first-order valence-corrected chi connectivity index (χ1v) is 5.80. The Bertz CT molecular complexity index is 375. The van der Waals surface area contributed by atoms with E-state index in [1.807, 2.05) is 11.9 Å². The maximum Gasteiger partial charge on any atom is 0.253 e. The molecule has 2 rings (SSSR count). The van der Waals surface area contributed by atoms with Gasteiger partial charge in [-0.3, -0.25) is 4.79 Å². The molecule has 1 aromatic carbocycles. The fourth-order valence-corrected chi connectivity index (χ4v) is 2.06. The van der Waals surface area contributed by atoms with Crippen LogP contribution < -0.4 is 5.32 Å². The predicted octanol–water partition coefficient (Wildman–Crippen LogP) is 2.20. The molecule has 0 bridgehead atoms. The Morgan fingerprint density at radius 1 is 1.41 bits per heavy atom. The van der Waals surface area contributed by atoms with Crippen molar-refractivity contribution in [2.24, 2.45) is 0 Å². The lowest BCUT2D eigenvalue weighted by Crippen LogP contribution is -2.38. The van der Waals surface area contributed by atoms with Gasteiger partial charge in [-0.25, -0.2) is 0 Å². The van der Waals surface area contributed by atoms with Crippen molar-refractivity contribution >= 4 is 29.9 Å². The van der Waals surface area contributed by atoms with Gasteiger partial charge in [0.2, 0.25) is 0 Å². The van der Waals surface area contributed by atoms with Crippen LogP contribution in [0.5, 0.6) is 0 Å². The smallest absolute Gasteiger partial charge is 0.253 e. The Balaban J connectivity index is 0.00000144. The van der Waals surface area contributed by atoms with Gasteiger partial charge < -0.3 is 10.2 Å². The van der Waals surface area contributed by atoms with E-state index in [1.165, 1.54) is 0 Å². The molecule has 17 heavy (non-hydrogen) atoms. The zero-order chi connectivity index (χ0) is 11.5. The van der Waals surface area contributed by atoms with Gasteiger partial charge in [-0.2, -0.15) is 0 Å². The SMILES string of the molecule is CN(C(=O)c1ccc(Cl)cc1)[C@H]1CCNC1.Cl. The molecule has 0 radical (unpaired) electrons. The molecule has 1 amide bonds. The Kier molecular flexibility index (Phi) is 5.25. The molecule has 0 aliphatic carbocycles. The summed E-state index contributed by atoms with van der Waals surface area (Å²) in [5.74, 6) is 0.0605. The van der Waals surface area contributed by atoms with Crippen molar-refractivity contribution in [2.45, 2.75) is 12.5 Å². The van der Waals surface area contributed by atoms with E-state index in [2.05, 4.69) is 5.32 Å². The quantitative estimate of drug-likeness (QED) is 0.897. The van der Waals surface area contributed by atoms with Gasteiger partial charge in [-0.15, -0.1) is 12.4 Å². The summed E-state index contributed by atoms with van der Waals surface area (Å²) < 4.78 is 0. The standard InChI is InChI=1S/C12H15ClN2O.ClH/c1-15(11-6-7-14-8-11)12(16)9-2-4-10(13)5-3-9;/h2-5,11,14H,6-8H2,1H3;1H/t11-;/m0./s1. The van der Waals surface area contributed by atoms with Crippen LogP contribution in [0.4, 0.5) is 0 Å². The number of halogens is 2. The lowest BCUT2D eigenvalue weighted by molar-refractivity contribution is 0.0744. The molecule has 1 heterocycles. The average molecular weight is 275 g/mol. The number of carbonyl (C=O) groups is 1. The highest BCUT2D eigenvalue weighted by atomic mass is 35.5. The fraction of sp³-hybridized carbons (Fsp3) is 0.417. The summed E-state index contributed by atoms with van der Waals surface area (Å²) in [7, 11) is 1.86. The molecule has 94 valence electrons. The molecule has 5 heteroatoms. The molecule has 1 atom stereocenters. The summed E-state index contributed by atoms with van der Waals surface area (Å²) >= 11 is 5.79. The maximum atomic E-state index is 12.1. The van der Waals surface area contributed by atoms with Crippen molar-refractivity contribution in [3.63, 3.8) is 0 Å². The Hall–Kier alpha value is -0.770. The minimum absolute atomic E-state index is 0. The van der Waals surface area contributed by atoms with E-state index >= 15 is 0 Å². The summed E-state index contributed by atoms with van der Waals surface area (Å²) in [5, 5.41) is 3.91. The van der Waals surface area contributed by atoms with Gasteiger partial charge in [-0.1, -0.05) is 11.6 Å². The second-order valence-electron chi connectivity index (χ2n) is 4.07. The van der Waals surface area contributed by atoms with Crippen LogP contribution in [0.25, 0.3) is 0 Å². The van der Waals surface area contributed by atoms with Gasteiger partial charge in [-0.05, 0) is 37.2 Å². The lowest BCUT2D eigenvalue weighted by Gasteiger charge is -2.23. The highest BCUT2D eigenvalue weighted by Gasteiger charge is 2.23. The van der Waals surface area contributed by atoms with Crippen molar-refractivity contribution in [2.75, 3.05) is 20.1 Å². The molecule has 1 aliphatic heterocycles. The summed E-state index contributed by atoms with van der Waals surface area (Å²) in [5.41, 5.74) is 0.693. The second-order valence-corrected chi connectivity index (χ2v) is 4.51. The number of hydrogen-bond acceptors (Lipinski definition) is 2. The Labute approximate surface area is 113 Å². The van der Waals surface area contributed by atoms with Crippen molar-refractivity contribution in [3.05, 3.63) is 34.9 Å². The first-order chi connectivity index (χ1) is 7.68. The molecule has 1 aromatic rings. The molecule has 0 saturated carbocycles. The van der Waals surface area contributed by atoms with E-state index in [0.717, 1.165) is 19.5 Å². The van der Waals surface area contributed by atoms with E-state index in [1.54, 1.807) is 24.3 Å². The van der Waals surface area contributed by atoms with Crippen molar-refractivity contribution in [3.8, 4) is 0 Å². The third kappa shape index (κ3) is 3.35. The van der Waals surface area contributed by atoms with E-state index in [4.69, 9.17) is 11.6 Å². The molecule has 1 saturated heterocycles. The van der Waals surface area contributed by atoms with Gasteiger partial charge in [0.25, 0.3) is 5.91 Å².